The van der Waals surface area contributed by atoms with Crippen molar-refractivity contribution in [1.82, 2.24) is 16.0 Å². The van der Waals surface area contributed by atoms with Crippen LogP contribution in [0.3, 0.4) is 0 Å². The highest BCUT2D eigenvalue weighted by molar-refractivity contribution is 7.79. The second-order valence-corrected chi connectivity index (χ2v) is 6.03. The molecule has 2 rings (SSSR count). The van der Waals surface area contributed by atoms with Gasteiger partial charge in [0.2, 0.25) is 5.91 Å². The Morgan fingerprint density at radius 2 is 1.81 bits per heavy atom. The highest BCUT2D eigenvalue weighted by Crippen LogP contribution is 2.29. The van der Waals surface area contributed by atoms with Crippen molar-refractivity contribution in [1.29, 1.82) is 0 Å². The number of carbonyl (C=O) groups excluding carboxylic acids is 2. The summed E-state index contributed by atoms with van der Waals surface area (Å²) in [6.45, 7) is 1.08. The van der Waals surface area contributed by atoms with E-state index >= 15 is 0 Å². The molecule has 1 aliphatic heterocycles. The summed E-state index contributed by atoms with van der Waals surface area (Å²) in [5.41, 5.74) is -1.04. The molecule has 1 heterocycles. The number of benzene rings is 1. The van der Waals surface area contributed by atoms with Crippen LogP contribution >= 0.6 is 0 Å². The van der Waals surface area contributed by atoms with Crippen molar-refractivity contribution in [3.05, 3.63) is 35.4 Å². The third-order valence-corrected chi connectivity index (χ3v) is 3.01. The maximum absolute atomic E-state index is 12.5. The van der Waals surface area contributed by atoms with Crippen LogP contribution in [0, 0.1) is 0 Å². The average molecular weight is 399 g/mol. The molecule has 0 atom stereocenters. The second kappa shape index (κ2) is 8.93. The lowest BCUT2D eigenvalue weighted by Crippen LogP contribution is -2.58. The van der Waals surface area contributed by atoms with Crippen molar-refractivity contribution >= 4 is 22.2 Å². The van der Waals surface area contributed by atoms with E-state index < -0.39 is 28.0 Å². The van der Waals surface area contributed by atoms with Gasteiger partial charge in [-0.2, -0.15) is 21.6 Å². The van der Waals surface area contributed by atoms with Crippen LogP contribution in [0.2, 0.25) is 0 Å². The first kappa shape index (κ1) is 21.8. The fourth-order valence-corrected chi connectivity index (χ4v) is 1.77. The molecular formula is C13H16F3N3O6S. The lowest BCUT2D eigenvalue weighted by Gasteiger charge is -2.27. The van der Waals surface area contributed by atoms with Gasteiger partial charge in [-0.1, -0.05) is 6.07 Å². The molecule has 0 radical (unpaired) electrons. The van der Waals surface area contributed by atoms with Crippen LogP contribution in [0.4, 0.5) is 13.2 Å². The third kappa shape index (κ3) is 8.75. The van der Waals surface area contributed by atoms with E-state index in [9.17, 15) is 22.8 Å². The van der Waals surface area contributed by atoms with Gasteiger partial charge in [0, 0.05) is 18.7 Å². The summed E-state index contributed by atoms with van der Waals surface area (Å²) in [5.74, 6) is -1.09. The van der Waals surface area contributed by atoms with E-state index in [1.54, 1.807) is 0 Å². The fraction of sp³-hybridized carbons (Fsp3) is 0.385. The lowest BCUT2D eigenvalue weighted by atomic mass is 10.1. The Balaban J connectivity index is 0.000000597. The number of hydrogen-bond acceptors (Lipinski definition) is 5. The monoisotopic (exact) mass is 399 g/mol. The number of halogens is 3. The number of nitrogens with one attached hydrogen (secondary N) is 3. The molecule has 1 aromatic rings. The van der Waals surface area contributed by atoms with E-state index in [4.69, 9.17) is 17.5 Å². The smallest absolute Gasteiger partial charge is 0.349 e. The Hall–Kier alpha value is -2.22. The molecule has 2 amide bonds. The van der Waals surface area contributed by atoms with Gasteiger partial charge in [-0.15, -0.1) is 0 Å². The van der Waals surface area contributed by atoms with Crippen LogP contribution in [0.1, 0.15) is 15.9 Å². The maximum atomic E-state index is 12.5. The number of carbonyl (C=O) groups is 2. The Kier molecular flexibility index (Phi) is 7.50. The quantitative estimate of drug-likeness (QED) is 0.444. The van der Waals surface area contributed by atoms with Crippen LogP contribution in [0.25, 0.3) is 0 Å². The standard InChI is InChI=1S/C13H14F3N3O2.H2O4S/c14-13(15,16)9-3-1-2-8(4-9)12(21)18-7-11(20)19-10-5-17-6-10;1-5(2,3)4/h1-4,10,17H,5-7H2,(H,18,21)(H,19,20);(H2,1,2,3,4). The van der Waals surface area contributed by atoms with E-state index in [1.165, 1.54) is 6.07 Å². The van der Waals surface area contributed by atoms with Crippen molar-refractivity contribution in [2.24, 2.45) is 0 Å². The zero-order chi connectivity index (χ0) is 20.0. The molecule has 0 saturated carbocycles. The van der Waals surface area contributed by atoms with Crippen molar-refractivity contribution < 1.29 is 40.3 Å². The van der Waals surface area contributed by atoms with Gasteiger partial charge < -0.3 is 16.0 Å². The van der Waals surface area contributed by atoms with Gasteiger partial charge in [-0.3, -0.25) is 18.7 Å². The SMILES string of the molecule is O=C(CNC(=O)c1cccc(C(F)(F)F)c1)NC1CNC1.O=S(=O)(O)O. The van der Waals surface area contributed by atoms with E-state index in [1.807, 2.05) is 0 Å². The molecule has 1 aromatic carbocycles. The summed E-state index contributed by atoms with van der Waals surface area (Å²) in [5, 5.41) is 7.92. The Labute approximate surface area is 146 Å². The summed E-state index contributed by atoms with van der Waals surface area (Å²) in [7, 11) is -4.67. The molecule has 26 heavy (non-hydrogen) atoms. The van der Waals surface area contributed by atoms with Crippen LogP contribution in [-0.4, -0.2) is 55.0 Å². The molecule has 146 valence electrons. The highest BCUT2D eigenvalue weighted by Gasteiger charge is 2.30. The van der Waals surface area contributed by atoms with Crippen molar-refractivity contribution in [3.8, 4) is 0 Å². The maximum Gasteiger partial charge on any atom is 0.416 e. The topological polar surface area (TPSA) is 145 Å². The van der Waals surface area contributed by atoms with Gasteiger partial charge in [0.1, 0.15) is 0 Å². The number of alkyl halides is 3. The Bertz CT molecular complexity index is 742. The van der Waals surface area contributed by atoms with Crippen molar-refractivity contribution in [2.45, 2.75) is 12.2 Å². The third-order valence-electron chi connectivity index (χ3n) is 3.01. The predicted molar refractivity (Wildman–Crippen MR) is 82.8 cm³/mol. The van der Waals surface area contributed by atoms with Crippen LogP contribution in [-0.2, 0) is 21.4 Å². The molecule has 1 aliphatic rings. The molecule has 1 saturated heterocycles. The van der Waals surface area contributed by atoms with Gasteiger partial charge in [0.05, 0.1) is 18.2 Å². The summed E-state index contributed by atoms with van der Waals surface area (Å²) >= 11 is 0. The average Bonchev–Trinajstić information content (AvgIpc) is 2.46. The van der Waals surface area contributed by atoms with Gasteiger partial charge >= 0.3 is 16.6 Å². The van der Waals surface area contributed by atoms with E-state index in [0.29, 0.717) is 13.1 Å². The van der Waals surface area contributed by atoms with Crippen LogP contribution < -0.4 is 16.0 Å². The number of rotatable bonds is 4. The molecule has 1 fully saturated rings. The minimum absolute atomic E-state index is 0.0444. The zero-order valence-electron chi connectivity index (χ0n) is 13.1. The Morgan fingerprint density at radius 1 is 1.23 bits per heavy atom. The minimum Gasteiger partial charge on any atom is -0.349 e. The predicted octanol–water partition coefficient (Wildman–Crippen LogP) is -0.130. The normalized spacial score (nSPS) is 14.5. The largest absolute Gasteiger partial charge is 0.416 e. The molecule has 0 spiro atoms. The number of amides is 2. The summed E-state index contributed by atoms with van der Waals surface area (Å²) in [6.07, 6.45) is -4.51. The van der Waals surface area contributed by atoms with Gasteiger partial charge in [0.25, 0.3) is 5.91 Å². The first-order chi connectivity index (χ1) is 11.9. The van der Waals surface area contributed by atoms with E-state index in [0.717, 1.165) is 18.2 Å². The van der Waals surface area contributed by atoms with Gasteiger partial charge in [0.15, 0.2) is 0 Å². The lowest BCUT2D eigenvalue weighted by molar-refractivity contribution is -0.137. The molecular weight excluding hydrogens is 383 g/mol. The van der Waals surface area contributed by atoms with E-state index in [2.05, 4.69) is 16.0 Å². The first-order valence-electron chi connectivity index (χ1n) is 7.01. The minimum atomic E-state index is -4.67. The zero-order valence-corrected chi connectivity index (χ0v) is 13.9. The van der Waals surface area contributed by atoms with Crippen LogP contribution in [0.15, 0.2) is 24.3 Å². The molecule has 0 bridgehead atoms. The summed E-state index contributed by atoms with van der Waals surface area (Å²) in [6, 6.07) is 4.09. The molecule has 0 aromatic heterocycles. The first-order valence-corrected chi connectivity index (χ1v) is 8.41. The molecule has 0 unspecified atom stereocenters. The van der Waals surface area contributed by atoms with Crippen molar-refractivity contribution in [2.75, 3.05) is 19.6 Å². The molecule has 0 aliphatic carbocycles. The molecule has 13 heteroatoms. The van der Waals surface area contributed by atoms with Gasteiger partial charge in [-0.25, -0.2) is 0 Å². The fourth-order valence-electron chi connectivity index (χ4n) is 1.77. The highest BCUT2D eigenvalue weighted by atomic mass is 32.3. The van der Waals surface area contributed by atoms with Crippen molar-refractivity contribution in [3.63, 3.8) is 0 Å². The Morgan fingerprint density at radius 3 is 2.27 bits per heavy atom. The molecule has 9 nitrogen and oxygen atoms in total. The summed E-state index contributed by atoms with van der Waals surface area (Å²) in [4.78, 5) is 23.2. The number of hydrogen-bond donors (Lipinski definition) is 5. The van der Waals surface area contributed by atoms with Gasteiger partial charge in [-0.05, 0) is 18.2 Å². The van der Waals surface area contributed by atoms with E-state index in [-0.39, 0.29) is 24.1 Å². The van der Waals surface area contributed by atoms with Crippen LogP contribution in [0.5, 0.6) is 0 Å². The summed E-state index contributed by atoms with van der Waals surface area (Å²) < 4.78 is 69.2. The molecule has 5 N–H and O–H groups in total. The second-order valence-electron chi connectivity index (χ2n) is 5.13.